The summed E-state index contributed by atoms with van der Waals surface area (Å²) in [5.74, 6) is 0. The molecular weight excluding hydrogens is 232 g/mol. The van der Waals surface area contributed by atoms with E-state index in [4.69, 9.17) is 4.42 Å². The molecule has 1 saturated carbocycles. The first-order valence-corrected chi connectivity index (χ1v) is 6.75. The van der Waals surface area contributed by atoms with Crippen LogP contribution >= 0.6 is 11.3 Å². The van der Waals surface area contributed by atoms with E-state index >= 15 is 0 Å². The monoisotopic (exact) mass is 246 g/mol. The third-order valence-corrected chi connectivity index (χ3v) is 4.34. The molecular formula is C14H14O2S. The SMILES string of the molecule is O=c1occcc1CC1(Cc2cccs2)CC1. The lowest BCUT2D eigenvalue weighted by Gasteiger charge is -2.12. The van der Waals surface area contributed by atoms with Gasteiger partial charge in [0.25, 0.3) is 0 Å². The van der Waals surface area contributed by atoms with Gasteiger partial charge in [-0.3, -0.25) is 0 Å². The molecule has 3 heteroatoms. The van der Waals surface area contributed by atoms with Crippen molar-refractivity contribution < 1.29 is 4.42 Å². The Morgan fingerprint density at radius 3 is 2.76 bits per heavy atom. The summed E-state index contributed by atoms with van der Waals surface area (Å²) < 4.78 is 4.91. The number of rotatable bonds is 4. The largest absolute Gasteiger partial charge is 0.431 e. The van der Waals surface area contributed by atoms with Crippen LogP contribution in [0.25, 0.3) is 0 Å². The molecule has 1 fully saturated rings. The summed E-state index contributed by atoms with van der Waals surface area (Å²) >= 11 is 1.80. The normalized spacial score (nSPS) is 16.9. The first-order chi connectivity index (χ1) is 8.27. The van der Waals surface area contributed by atoms with E-state index in [2.05, 4.69) is 17.5 Å². The summed E-state index contributed by atoms with van der Waals surface area (Å²) in [5, 5.41) is 2.11. The van der Waals surface area contributed by atoms with E-state index in [1.54, 1.807) is 17.4 Å². The van der Waals surface area contributed by atoms with Gasteiger partial charge in [-0.25, -0.2) is 4.79 Å². The maximum atomic E-state index is 11.6. The minimum atomic E-state index is -0.176. The van der Waals surface area contributed by atoms with Crippen molar-refractivity contribution in [1.82, 2.24) is 0 Å². The standard InChI is InChI=1S/C14H14O2S/c15-13-11(3-1-7-16-13)9-14(5-6-14)10-12-4-2-8-17-12/h1-4,7-8H,5-6,9-10H2. The van der Waals surface area contributed by atoms with Gasteiger partial charge in [-0.1, -0.05) is 6.07 Å². The van der Waals surface area contributed by atoms with Crippen molar-refractivity contribution in [3.05, 3.63) is 56.8 Å². The lowest BCUT2D eigenvalue weighted by molar-refractivity contribution is 0.464. The molecule has 1 aliphatic rings. The average Bonchev–Trinajstić information content (AvgIpc) is 2.87. The van der Waals surface area contributed by atoms with Crippen LogP contribution in [-0.2, 0) is 12.8 Å². The Kier molecular flexibility index (Phi) is 2.63. The molecule has 2 aromatic heterocycles. The molecule has 0 atom stereocenters. The van der Waals surface area contributed by atoms with Crippen LogP contribution in [0.15, 0.2) is 45.1 Å². The van der Waals surface area contributed by atoms with Crippen molar-refractivity contribution in [2.75, 3.05) is 0 Å². The van der Waals surface area contributed by atoms with Crippen LogP contribution < -0.4 is 5.63 Å². The molecule has 88 valence electrons. The Hall–Kier alpha value is -1.35. The molecule has 1 aliphatic carbocycles. The molecule has 0 spiro atoms. The summed E-state index contributed by atoms with van der Waals surface area (Å²) in [6.07, 6.45) is 5.84. The highest BCUT2D eigenvalue weighted by molar-refractivity contribution is 7.09. The molecule has 0 bridgehead atoms. The third-order valence-electron chi connectivity index (χ3n) is 3.47. The maximum Gasteiger partial charge on any atom is 0.338 e. The van der Waals surface area contributed by atoms with Gasteiger partial charge in [0, 0.05) is 10.4 Å². The molecule has 2 heterocycles. The van der Waals surface area contributed by atoms with Crippen molar-refractivity contribution in [3.8, 4) is 0 Å². The van der Waals surface area contributed by atoms with E-state index in [-0.39, 0.29) is 5.63 Å². The number of hydrogen-bond acceptors (Lipinski definition) is 3. The second-order valence-corrected chi connectivity index (χ2v) is 5.89. The first kappa shape index (κ1) is 10.8. The highest BCUT2D eigenvalue weighted by Gasteiger charge is 2.43. The molecule has 0 unspecified atom stereocenters. The zero-order valence-electron chi connectivity index (χ0n) is 9.52. The van der Waals surface area contributed by atoms with Gasteiger partial charge >= 0.3 is 5.63 Å². The predicted molar refractivity (Wildman–Crippen MR) is 68.4 cm³/mol. The van der Waals surface area contributed by atoms with E-state index in [0.29, 0.717) is 5.41 Å². The molecule has 0 aromatic carbocycles. The van der Waals surface area contributed by atoms with Gasteiger partial charge in [-0.05, 0) is 54.7 Å². The van der Waals surface area contributed by atoms with Gasteiger partial charge in [-0.2, -0.15) is 0 Å². The summed E-state index contributed by atoms with van der Waals surface area (Å²) in [7, 11) is 0. The van der Waals surface area contributed by atoms with Gasteiger partial charge in [0.2, 0.25) is 0 Å². The molecule has 2 aromatic rings. The predicted octanol–water partition coefficient (Wildman–Crippen LogP) is 3.27. The summed E-state index contributed by atoms with van der Waals surface area (Å²) in [6.45, 7) is 0. The Balaban J connectivity index is 1.77. The fourth-order valence-electron chi connectivity index (χ4n) is 2.31. The van der Waals surface area contributed by atoms with Crippen LogP contribution in [0.3, 0.4) is 0 Å². The van der Waals surface area contributed by atoms with Crippen LogP contribution in [0.2, 0.25) is 0 Å². The lowest BCUT2D eigenvalue weighted by Crippen LogP contribution is -2.15. The molecule has 0 aliphatic heterocycles. The van der Waals surface area contributed by atoms with Gasteiger partial charge in [0.1, 0.15) is 0 Å². The zero-order valence-corrected chi connectivity index (χ0v) is 10.3. The second-order valence-electron chi connectivity index (χ2n) is 4.86. The smallest absolute Gasteiger partial charge is 0.338 e. The topological polar surface area (TPSA) is 30.2 Å². The number of thiophene rings is 1. The highest BCUT2D eigenvalue weighted by Crippen LogP contribution is 2.51. The Morgan fingerprint density at radius 1 is 1.24 bits per heavy atom. The Labute approximate surface area is 104 Å². The van der Waals surface area contributed by atoms with Crippen molar-refractivity contribution in [1.29, 1.82) is 0 Å². The quantitative estimate of drug-likeness (QED) is 0.828. The van der Waals surface area contributed by atoms with E-state index in [1.165, 1.54) is 24.0 Å². The summed E-state index contributed by atoms with van der Waals surface area (Å²) in [6, 6.07) is 7.96. The Morgan fingerprint density at radius 2 is 2.12 bits per heavy atom. The minimum absolute atomic E-state index is 0.176. The molecule has 0 radical (unpaired) electrons. The van der Waals surface area contributed by atoms with E-state index in [0.717, 1.165) is 18.4 Å². The van der Waals surface area contributed by atoms with Crippen LogP contribution in [0.4, 0.5) is 0 Å². The molecule has 0 saturated heterocycles. The van der Waals surface area contributed by atoms with Crippen molar-refractivity contribution in [2.24, 2.45) is 5.41 Å². The maximum absolute atomic E-state index is 11.6. The van der Waals surface area contributed by atoms with Crippen LogP contribution in [0, 0.1) is 5.41 Å². The molecule has 2 nitrogen and oxygen atoms in total. The van der Waals surface area contributed by atoms with E-state index in [1.807, 2.05) is 6.07 Å². The fraction of sp³-hybridized carbons (Fsp3) is 0.357. The van der Waals surface area contributed by atoms with Crippen LogP contribution in [0.1, 0.15) is 23.3 Å². The third kappa shape index (κ3) is 2.34. The minimum Gasteiger partial charge on any atom is -0.431 e. The molecule has 0 amide bonds. The zero-order chi connectivity index (χ0) is 11.7. The van der Waals surface area contributed by atoms with E-state index in [9.17, 15) is 4.79 Å². The van der Waals surface area contributed by atoms with Crippen LogP contribution in [-0.4, -0.2) is 0 Å². The van der Waals surface area contributed by atoms with Crippen molar-refractivity contribution in [3.63, 3.8) is 0 Å². The van der Waals surface area contributed by atoms with Crippen LogP contribution in [0.5, 0.6) is 0 Å². The summed E-state index contributed by atoms with van der Waals surface area (Å²) in [4.78, 5) is 13.0. The average molecular weight is 246 g/mol. The van der Waals surface area contributed by atoms with Gasteiger partial charge < -0.3 is 4.42 Å². The lowest BCUT2D eigenvalue weighted by atomic mass is 9.93. The van der Waals surface area contributed by atoms with Gasteiger partial charge in [0.15, 0.2) is 0 Å². The second kappa shape index (κ2) is 4.15. The highest BCUT2D eigenvalue weighted by atomic mass is 32.1. The Bertz CT molecular complexity index is 550. The van der Waals surface area contributed by atoms with Gasteiger partial charge in [-0.15, -0.1) is 11.3 Å². The van der Waals surface area contributed by atoms with Crippen molar-refractivity contribution in [2.45, 2.75) is 25.7 Å². The molecule has 0 N–H and O–H groups in total. The molecule has 17 heavy (non-hydrogen) atoms. The van der Waals surface area contributed by atoms with Gasteiger partial charge in [0.05, 0.1) is 6.26 Å². The fourth-order valence-corrected chi connectivity index (χ4v) is 3.19. The first-order valence-electron chi connectivity index (χ1n) is 5.87. The number of hydrogen-bond donors (Lipinski definition) is 0. The summed E-state index contributed by atoms with van der Waals surface area (Å²) in [5.41, 5.74) is 0.965. The van der Waals surface area contributed by atoms with Crippen molar-refractivity contribution >= 4 is 11.3 Å². The molecule has 3 rings (SSSR count). The van der Waals surface area contributed by atoms with E-state index < -0.39 is 0 Å².